The molecule has 0 amide bonds. The van der Waals surface area contributed by atoms with Gasteiger partial charge in [-0.25, -0.2) is 9.07 Å². The molecule has 1 aliphatic rings. The average molecular weight is 463 g/mol. The number of hydrogen-bond donors (Lipinski definition) is 1. The molecular formula is C25H35ClN2O4. The van der Waals surface area contributed by atoms with Crippen molar-refractivity contribution >= 4 is 17.7 Å². The number of methoxy groups -OCH3 is 1. The first kappa shape index (κ1) is 24.6. The highest BCUT2D eigenvalue weighted by atomic mass is 35.5. The lowest BCUT2D eigenvalue weighted by Gasteiger charge is -2.39. The number of carbonyl (C=O) groups excluding carboxylic acids is 1. The molecule has 3 rings (SSSR count). The standard InChI is InChI=1S/C25H35ClN2O4/c1-4-5-9-23-27-21(22(17-29)28(23)26)16-19-10-12-20(13-11-19)32-18(2)25(24(30)31-3)14-7-6-8-15-25/h10-13,18,29H,4-9,14-17H2,1-3H3. The van der Waals surface area contributed by atoms with Crippen molar-refractivity contribution in [2.45, 2.75) is 84.3 Å². The predicted molar refractivity (Wildman–Crippen MR) is 125 cm³/mol. The van der Waals surface area contributed by atoms with E-state index in [0.29, 0.717) is 12.1 Å². The molecule has 1 saturated carbocycles. The molecule has 1 aromatic heterocycles. The lowest BCUT2D eigenvalue weighted by Crippen LogP contribution is -2.46. The highest BCUT2D eigenvalue weighted by Gasteiger charge is 2.46. The lowest BCUT2D eigenvalue weighted by molar-refractivity contribution is -0.161. The van der Waals surface area contributed by atoms with Gasteiger partial charge in [-0.2, -0.15) is 0 Å². The van der Waals surface area contributed by atoms with Crippen molar-refractivity contribution in [2.24, 2.45) is 5.41 Å². The summed E-state index contributed by atoms with van der Waals surface area (Å²) in [5, 5.41) is 9.77. The number of nitrogens with zero attached hydrogens (tertiary/aromatic N) is 2. The van der Waals surface area contributed by atoms with Gasteiger partial charge in [0.15, 0.2) is 0 Å². The number of unbranched alkanes of at least 4 members (excludes halogenated alkanes) is 1. The van der Waals surface area contributed by atoms with E-state index in [4.69, 9.17) is 21.3 Å². The smallest absolute Gasteiger partial charge is 0.315 e. The number of aliphatic hydroxyl groups is 1. The maximum Gasteiger partial charge on any atom is 0.315 e. The van der Waals surface area contributed by atoms with Gasteiger partial charge in [-0.3, -0.25) is 4.79 Å². The van der Waals surface area contributed by atoms with Gasteiger partial charge in [0.25, 0.3) is 0 Å². The number of benzene rings is 1. The van der Waals surface area contributed by atoms with Crippen molar-refractivity contribution in [3.63, 3.8) is 0 Å². The molecule has 0 radical (unpaired) electrons. The van der Waals surface area contributed by atoms with Gasteiger partial charge in [0.1, 0.15) is 23.1 Å². The molecule has 1 N–H and O–H groups in total. The van der Waals surface area contributed by atoms with E-state index in [1.54, 1.807) is 0 Å². The van der Waals surface area contributed by atoms with Crippen LogP contribution in [0, 0.1) is 5.41 Å². The van der Waals surface area contributed by atoms with E-state index in [0.717, 1.165) is 74.2 Å². The SMILES string of the molecule is CCCCc1nc(Cc2ccc(OC(C)C3(C(=O)OC)CCCCC3)cc2)c(CO)n1Cl. The normalized spacial score (nSPS) is 16.5. The highest BCUT2D eigenvalue weighted by molar-refractivity contribution is 6.16. The zero-order valence-corrected chi connectivity index (χ0v) is 20.2. The third-order valence-electron chi connectivity index (χ3n) is 6.69. The predicted octanol–water partition coefficient (Wildman–Crippen LogP) is 5.20. The summed E-state index contributed by atoms with van der Waals surface area (Å²) in [5.74, 6) is 1.35. The van der Waals surface area contributed by atoms with Crippen LogP contribution in [0.1, 0.15) is 81.6 Å². The Morgan fingerprint density at radius 2 is 1.94 bits per heavy atom. The number of imidazole rings is 1. The van der Waals surface area contributed by atoms with Gasteiger partial charge in [-0.1, -0.05) is 44.7 Å². The molecule has 1 atom stereocenters. The summed E-state index contributed by atoms with van der Waals surface area (Å²) >= 11 is 6.37. The number of hydrogen-bond acceptors (Lipinski definition) is 5. The number of aliphatic hydroxyl groups excluding tert-OH is 1. The van der Waals surface area contributed by atoms with Crippen LogP contribution < -0.4 is 4.74 Å². The summed E-state index contributed by atoms with van der Waals surface area (Å²) in [5.41, 5.74) is 1.91. The van der Waals surface area contributed by atoms with Crippen LogP contribution in [0.25, 0.3) is 0 Å². The number of carbonyl (C=O) groups is 1. The molecule has 1 unspecified atom stereocenters. The summed E-state index contributed by atoms with van der Waals surface area (Å²) in [7, 11) is 1.46. The largest absolute Gasteiger partial charge is 0.490 e. The Balaban J connectivity index is 1.71. The van der Waals surface area contributed by atoms with Crippen LogP contribution in [0.2, 0.25) is 0 Å². The molecule has 1 fully saturated rings. The summed E-state index contributed by atoms with van der Waals surface area (Å²) in [4.78, 5) is 17.3. The fourth-order valence-electron chi connectivity index (χ4n) is 4.68. The van der Waals surface area contributed by atoms with Crippen molar-refractivity contribution in [2.75, 3.05) is 7.11 Å². The second-order valence-corrected chi connectivity index (χ2v) is 9.09. The van der Waals surface area contributed by atoms with E-state index >= 15 is 0 Å². The number of rotatable bonds is 10. The molecule has 0 spiro atoms. The first-order valence-corrected chi connectivity index (χ1v) is 12.0. The van der Waals surface area contributed by atoms with Crippen LogP contribution >= 0.6 is 11.8 Å². The Morgan fingerprint density at radius 1 is 1.25 bits per heavy atom. The van der Waals surface area contributed by atoms with Crippen molar-refractivity contribution in [1.29, 1.82) is 0 Å². The fourth-order valence-corrected chi connectivity index (χ4v) is 4.95. The van der Waals surface area contributed by atoms with Gasteiger partial charge in [0, 0.05) is 24.6 Å². The zero-order valence-electron chi connectivity index (χ0n) is 19.4. The molecule has 1 aromatic carbocycles. The molecular weight excluding hydrogens is 428 g/mol. The highest BCUT2D eigenvalue weighted by Crippen LogP contribution is 2.42. The van der Waals surface area contributed by atoms with Gasteiger partial charge in [0.2, 0.25) is 0 Å². The molecule has 2 aromatic rings. The summed E-state index contributed by atoms with van der Waals surface area (Å²) in [6.07, 6.45) is 7.94. The minimum absolute atomic E-state index is 0.147. The molecule has 6 nitrogen and oxygen atoms in total. The first-order valence-electron chi connectivity index (χ1n) is 11.7. The van der Waals surface area contributed by atoms with E-state index in [9.17, 15) is 9.90 Å². The topological polar surface area (TPSA) is 73.6 Å². The number of esters is 1. The summed E-state index contributed by atoms with van der Waals surface area (Å²) in [6, 6.07) is 7.84. The second-order valence-electron chi connectivity index (χ2n) is 8.75. The number of aromatic nitrogens is 2. The molecule has 0 aliphatic heterocycles. The molecule has 1 heterocycles. The Bertz CT molecular complexity index is 888. The Kier molecular flexibility index (Phi) is 8.60. The van der Waals surface area contributed by atoms with Crippen molar-refractivity contribution in [3.8, 4) is 5.75 Å². The molecule has 0 saturated heterocycles. The van der Waals surface area contributed by atoms with Crippen LogP contribution in [0.15, 0.2) is 24.3 Å². The van der Waals surface area contributed by atoms with Gasteiger partial charge in [0.05, 0.1) is 25.1 Å². The summed E-state index contributed by atoms with van der Waals surface area (Å²) in [6.45, 7) is 3.95. The Labute approximate surface area is 196 Å². The van der Waals surface area contributed by atoms with Crippen molar-refractivity contribution < 1.29 is 19.4 Å². The number of aryl methyl sites for hydroxylation is 1. The van der Waals surface area contributed by atoms with Crippen LogP contribution in [0.3, 0.4) is 0 Å². The first-order chi connectivity index (χ1) is 15.4. The summed E-state index contributed by atoms with van der Waals surface area (Å²) < 4.78 is 12.9. The van der Waals surface area contributed by atoms with Crippen LogP contribution in [-0.2, 0) is 29.0 Å². The number of halogens is 1. The molecule has 32 heavy (non-hydrogen) atoms. The second kappa shape index (κ2) is 11.2. The fraction of sp³-hybridized carbons (Fsp3) is 0.600. The molecule has 1 aliphatic carbocycles. The van der Waals surface area contributed by atoms with Crippen LogP contribution in [-0.4, -0.2) is 33.4 Å². The molecule has 176 valence electrons. The molecule has 0 bridgehead atoms. The minimum atomic E-state index is -0.580. The van der Waals surface area contributed by atoms with E-state index < -0.39 is 5.41 Å². The third-order valence-corrected chi connectivity index (χ3v) is 7.09. The van der Waals surface area contributed by atoms with E-state index in [2.05, 4.69) is 11.9 Å². The third kappa shape index (κ3) is 5.29. The quantitative estimate of drug-likeness (QED) is 0.491. The van der Waals surface area contributed by atoms with Gasteiger partial charge >= 0.3 is 5.97 Å². The van der Waals surface area contributed by atoms with Gasteiger partial charge in [-0.05, 0) is 43.9 Å². The maximum atomic E-state index is 12.6. The maximum absolute atomic E-state index is 12.6. The van der Waals surface area contributed by atoms with Crippen molar-refractivity contribution in [3.05, 3.63) is 47.0 Å². The van der Waals surface area contributed by atoms with Gasteiger partial charge < -0.3 is 14.6 Å². The van der Waals surface area contributed by atoms with E-state index in [-0.39, 0.29) is 18.7 Å². The Morgan fingerprint density at radius 3 is 2.53 bits per heavy atom. The van der Waals surface area contributed by atoms with E-state index in [1.165, 1.54) is 11.2 Å². The van der Waals surface area contributed by atoms with Crippen molar-refractivity contribution in [1.82, 2.24) is 9.07 Å². The van der Waals surface area contributed by atoms with Crippen LogP contribution in [0.5, 0.6) is 5.75 Å². The monoisotopic (exact) mass is 462 g/mol. The number of ether oxygens (including phenoxy) is 2. The van der Waals surface area contributed by atoms with Gasteiger partial charge in [-0.15, -0.1) is 0 Å². The average Bonchev–Trinajstić information content (AvgIpc) is 3.12. The van der Waals surface area contributed by atoms with E-state index in [1.807, 2.05) is 31.2 Å². The Hall–Kier alpha value is -2.05. The lowest BCUT2D eigenvalue weighted by atomic mass is 9.70. The zero-order chi connectivity index (χ0) is 23.1. The molecule has 7 heteroatoms. The minimum Gasteiger partial charge on any atom is -0.490 e. The van der Waals surface area contributed by atoms with Crippen LogP contribution in [0.4, 0.5) is 0 Å².